The van der Waals surface area contributed by atoms with E-state index in [9.17, 15) is 0 Å². The Morgan fingerprint density at radius 1 is 0.268 bits per heavy atom. The molecule has 0 saturated heterocycles. The highest BCUT2D eigenvalue weighted by Gasteiger charge is 2.17. The molecule has 0 unspecified atom stereocenters. The van der Waals surface area contributed by atoms with Crippen LogP contribution in [0.2, 0.25) is 0 Å². The van der Waals surface area contributed by atoms with Gasteiger partial charge in [-0.05, 0) is 117 Å². The molecule has 8 aromatic carbocycles. The van der Waals surface area contributed by atoms with Crippen molar-refractivity contribution in [3.8, 4) is 55.9 Å². The average Bonchev–Trinajstić information content (AvgIpc) is 3.79. The summed E-state index contributed by atoms with van der Waals surface area (Å²) >= 11 is 0. The van der Waals surface area contributed by atoms with Crippen LogP contribution in [0.4, 0.5) is 0 Å². The molecule has 0 amide bonds. The van der Waals surface area contributed by atoms with Crippen molar-refractivity contribution in [1.29, 1.82) is 0 Å². The van der Waals surface area contributed by atoms with Crippen molar-refractivity contribution in [2.75, 3.05) is 0 Å². The number of fused-ring (bicyclic) bond motifs is 6. The minimum absolute atomic E-state index is 0.944. The maximum absolute atomic E-state index is 4.98. The number of benzene rings is 8. The summed E-state index contributed by atoms with van der Waals surface area (Å²) in [4.78, 5) is 4.98. The fourth-order valence-corrected chi connectivity index (χ4v) is 8.50. The zero-order valence-electron chi connectivity index (χ0n) is 30.5. The van der Waals surface area contributed by atoms with E-state index in [0.29, 0.717) is 0 Å². The van der Waals surface area contributed by atoms with E-state index in [0.717, 1.165) is 39.1 Å². The van der Waals surface area contributed by atoms with Crippen molar-refractivity contribution in [2.45, 2.75) is 0 Å². The Morgan fingerprint density at radius 2 is 0.750 bits per heavy atom. The molecule has 0 fully saturated rings. The van der Waals surface area contributed by atoms with Crippen molar-refractivity contribution in [2.24, 2.45) is 0 Å². The highest BCUT2D eigenvalue weighted by molar-refractivity contribution is 6.11. The predicted octanol–water partition coefficient (Wildman–Crippen LogP) is 13.9. The third kappa shape index (κ3) is 5.32. The fourth-order valence-electron chi connectivity index (χ4n) is 8.50. The molecule has 11 aromatic rings. The van der Waals surface area contributed by atoms with E-state index in [4.69, 9.17) is 4.98 Å². The lowest BCUT2D eigenvalue weighted by Crippen LogP contribution is -1.96. The van der Waals surface area contributed by atoms with Gasteiger partial charge in [0.15, 0.2) is 0 Å². The molecule has 3 aromatic heterocycles. The van der Waals surface area contributed by atoms with Crippen LogP contribution in [0.15, 0.2) is 212 Å². The van der Waals surface area contributed by atoms with Gasteiger partial charge in [0.05, 0.1) is 16.6 Å². The molecule has 0 aliphatic carbocycles. The number of para-hydroxylation sites is 2. The molecular weight excluding hydrogens is 679 g/mol. The van der Waals surface area contributed by atoms with E-state index in [-0.39, 0.29) is 0 Å². The summed E-state index contributed by atoms with van der Waals surface area (Å²) in [5.74, 6) is 0. The van der Waals surface area contributed by atoms with Crippen LogP contribution in [0.3, 0.4) is 0 Å². The lowest BCUT2D eigenvalue weighted by atomic mass is 9.93. The third-order valence-electron chi connectivity index (χ3n) is 11.1. The molecule has 0 bridgehead atoms. The average molecular weight is 714 g/mol. The predicted molar refractivity (Wildman–Crippen MR) is 235 cm³/mol. The first kappa shape index (κ1) is 32.0. The number of hydrogen-bond acceptors (Lipinski definition) is 1. The first-order valence-electron chi connectivity index (χ1n) is 19.1. The Kier molecular flexibility index (Phi) is 7.49. The van der Waals surface area contributed by atoms with Gasteiger partial charge in [-0.15, -0.1) is 0 Å². The Balaban J connectivity index is 1.08. The normalized spacial score (nSPS) is 11.6. The Hall–Kier alpha value is -7.49. The van der Waals surface area contributed by atoms with Crippen LogP contribution in [-0.4, -0.2) is 14.1 Å². The Morgan fingerprint density at radius 3 is 1.43 bits per heavy atom. The molecular formula is C53H35N3. The summed E-state index contributed by atoms with van der Waals surface area (Å²) < 4.78 is 4.71. The summed E-state index contributed by atoms with van der Waals surface area (Å²) in [6.45, 7) is 0. The Labute approximate surface area is 325 Å². The molecule has 0 aliphatic rings. The van der Waals surface area contributed by atoms with Crippen molar-refractivity contribution in [1.82, 2.24) is 14.1 Å². The molecule has 11 rings (SSSR count). The van der Waals surface area contributed by atoms with Crippen LogP contribution in [-0.2, 0) is 0 Å². The van der Waals surface area contributed by atoms with E-state index in [1.807, 2.05) is 12.3 Å². The highest BCUT2D eigenvalue weighted by Crippen LogP contribution is 2.39. The summed E-state index contributed by atoms with van der Waals surface area (Å²) in [5, 5.41) is 4.82. The SMILES string of the molecule is c1ccc(-c2cc(-c3ccccc3)cc(-c3cccc(-n4c5cc(-c6ccc7c8ccccc8n(-c8ccccc8)c7c6)ccc5c5cccnc54)c3)c2)cc1. The van der Waals surface area contributed by atoms with Gasteiger partial charge >= 0.3 is 0 Å². The third-order valence-corrected chi connectivity index (χ3v) is 11.1. The molecule has 0 aliphatic heterocycles. The van der Waals surface area contributed by atoms with E-state index >= 15 is 0 Å². The molecule has 0 spiro atoms. The standard InChI is InChI=1S/C53H35N3/c1-4-14-36(15-5-1)41-30-42(37-16-6-2-7-17-37)32-43(31-41)38-18-12-21-45(33-38)56-52-35-40(26-28-48(52)49-23-13-29-54-53(49)56)39-25-27-47-46-22-10-11-24-50(46)55(51(47)34-39)44-19-8-3-9-20-44/h1-35H. The van der Waals surface area contributed by atoms with Crippen LogP contribution in [0.25, 0.3) is 99.6 Å². The quantitative estimate of drug-likeness (QED) is 0.168. The molecule has 56 heavy (non-hydrogen) atoms. The highest BCUT2D eigenvalue weighted by atomic mass is 15.0. The summed E-state index contributed by atoms with van der Waals surface area (Å²) in [7, 11) is 0. The van der Waals surface area contributed by atoms with Gasteiger partial charge in [0.2, 0.25) is 0 Å². The molecule has 0 N–H and O–H groups in total. The molecule has 0 saturated carbocycles. The van der Waals surface area contributed by atoms with Gasteiger partial charge in [0.1, 0.15) is 5.65 Å². The summed E-state index contributed by atoms with van der Waals surface area (Å²) in [6.07, 6.45) is 1.90. The van der Waals surface area contributed by atoms with Crippen LogP contribution in [0.5, 0.6) is 0 Å². The van der Waals surface area contributed by atoms with Crippen LogP contribution < -0.4 is 0 Å². The van der Waals surface area contributed by atoms with Crippen molar-refractivity contribution in [3.63, 3.8) is 0 Å². The smallest absolute Gasteiger partial charge is 0.145 e. The van der Waals surface area contributed by atoms with E-state index in [2.05, 4.69) is 209 Å². The molecule has 0 radical (unpaired) electrons. The minimum Gasteiger partial charge on any atom is -0.309 e. The molecule has 0 atom stereocenters. The fraction of sp³-hybridized carbons (Fsp3) is 0. The number of aromatic nitrogens is 3. The largest absolute Gasteiger partial charge is 0.309 e. The van der Waals surface area contributed by atoms with Gasteiger partial charge in [-0.2, -0.15) is 0 Å². The van der Waals surface area contributed by atoms with E-state index in [1.54, 1.807) is 0 Å². The summed E-state index contributed by atoms with van der Waals surface area (Å²) in [5.41, 5.74) is 16.1. The van der Waals surface area contributed by atoms with Crippen molar-refractivity contribution >= 4 is 43.7 Å². The van der Waals surface area contributed by atoms with Crippen molar-refractivity contribution in [3.05, 3.63) is 212 Å². The van der Waals surface area contributed by atoms with Gasteiger partial charge in [0.25, 0.3) is 0 Å². The second kappa shape index (κ2) is 13.1. The summed E-state index contributed by atoms with van der Waals surface area (Å²) in [6, 6.07) is 74.5. The zero-order valence-corrected chi connectivity index (χ0v) is 30.5. The van der Waals surface area contributed by atoms with E-state index in [1.165, 1.54) is 60.6 Å². The molecule has 3 nitrogen and oxygen atoms in total. The van der Waals surface area contributed by atoms with Crippen LogP contribution >= 0.6 is 0 Å². The van der Waals surface area contributed by atoms with Gasteiger partial charge in [-0.1, -0.05) is 133 Å². The lowest BCUT2D eigenvalue weighted by molar-refractivity contribution is 1.14. The Bertz CT molecular complexity index is 3170. The molecule has 262 valence electrons. The zero-order chi connectivity index (χ0) is 37.0. The molecule has 3 heterocycles. The number of rotatable bonds is 6. The maximum Gasteiger partial charge on any atom is 0.145 e. The van der Waals surface area contributed by atoms with Gasteiger partial charge in [-0.3, -0.25) is 4.57 Å². The van der Waals surface area contributed by atoms with Gasteiger partial charge in [-0.25, -0.2) is 4.98 Å². The van der Waals surface area contributed by atoms with Crippen LogP contribution in [0.1, 0.15) is 0 Å². The number of hydrogen-bond donors (Lipinski definition) is 0. The first-order valence-corrected chi connectivity index (χ1v) is 19.1. The second-order valence-electron chi connectivity index (χ2n) is 14.4. The van der Waals surface area contributed by atoms with Gasteiger partial charge < -0.3 is 4.57 Å². The maximum atomic E-state index is 4.98. The first-order chi connectivity index (χ1) is 27.8. The monoisotopic (exact) mass is 713 g/mol. The van der Waals surface area contributed by atoms with E-state index < -0.39 is 0 Å². The number of pyridine rings is 1. The topological polar surface area (TPSA) is 22.8 Å². The number of nitrogens with zero attached hydrogens (tertiary/aromatic N) is 3. The minimum atomic E-state index is 0.944. The lowest BCUT2D eigenvalue weighted by Gasteiger charge is -2.14. The second-order valence-corrected chi connectivity index (χ2v) is 14.4. The van der Waals surface area contributed by atoms with Crippen LogP contribution in [0, 0.1) is 0 Å². The molecule has 3 heteroatoms. The van der Waals surface area contributed by atoms with Gasteiger partial charge in [0, 0.05) is 39.1 Å². The van der Waals surface area contributed by atoms with Crippen molar-refractivity contribution < 1.29 is 0 Å².